The fourth-order valence-corrected chi connectivity index (χ4v) is 3.48. The zero-order valence-corrected chi connectivity index (χ0v) is 20.0. The molecule has 2 N–H and O–H groups in total. The van der Waals surface area contributed by atoms with Gasteiger partial charge in [-0.25, -0.2) is 9.38 Å². The Morgan fingerprint density at radius 1 is 1.19 bits per heavy atom. The van der Waals surface area contributed by atoms with Crippen LogP contribution in [0, 0.1) is 17.1 Å². The van der Waals surface area contributed by atoms with Crippen molar-refractivity contribution in [3.8, 4) is 6.07 Å². The van der Waals surface area contributed by atoms with Crippen molar-refractivity contribution in [2.24, 2.45) is 4.99 Å². The minimum atomic E-state index is -0.234. The molecule has 1 atom stereocenters. The Balaban J connectivity index is 0.00000341. The summed E-state index contributed by atoms with van der Waals surface area (Å²) in [5, 5.41) is 15.8. The molecule has 166 valence electrons. The third kappa shape index (κ3) is 7.76. The molecule has 6 nitrogen and oxygen atoms in total. The fraction of sp³-hybridized carbons (Fsp3) is 0.391. The van der Waals surface area contributed by atoms with Crippen molar-refractivity contribution in [3.05, 3.63) is 71.0 Å². The monoisotopic (exact) mass is 537 g/mol. The minimum absolute atomic E-state index is 0. The van der Waals surface area contributed by atoms with E-state index in [1.807, 2.05) is 37.3 Å². The van der Waals surface area contributed by atoms with Crippen LogP contribution >= 0.6 is 24.0 Å². The maximum Gasteiger partial charge on any atom is 0.191 e. The molecule has 0 spiro atoms. The van der Waals surface area contributed by atoms with Gasteiger partial charge in [-0.2, -0.15) is 5.26 Å². The van der Waals surface area contributed by atoms with Gasteiger partial charge in [-0.3, -0.25) is 4.90 Å². The molecule has 1 unspecified atom stereocenters. The quantitative estimate of drug-likeness (QED) is 0.322. The smallest absolute Gasteiger partial charge is 0.191 e. The third-order valence-electron chi connectivity index (χ3n) is 5.02. The maximum absolute atomic E-state index is 13.4. The average molecular weight is 537 g/mol. The summed E-state index contributed by atoms with van der Waals surface area (Å²) in [6.45, 7) is 6.92. The summed E-state index contributed by atoms with van der Waals surface area (Å²) in [6, 6.07) is 16.4. The molecule has 1 aliphatic heterocycles. The first kappa shape index (κ1) is 25.0. The van der Waals surface area contributed by atoms with Crippen molar-refractivity contribution in [1.29, 1.82) is 5.26 Å². The lowest BCUT2D eigenvalue weighted by atomic mass is 10.0. The molecule has 0 saturated carbocycles. The van der Waals surface area contributed by atoms with Gasteiger partial charge in [0, 0.05) is 26.2 Å². The Morgan fingerprint density at radius 3 is 2.61 bits per heavy atom. The van der Waals surface area contributed by atoms with E-state index in [2.05, 4.69) is 26.6 Å². The molecule has 1 saturated heterocycles. The predicted molar refractivity (Wildman–Crippen MR) is 131 cm³/mol. The highest BCUT2D eigenvalue weighted by Gasteiger charge is 2.23. The molecule has 0 amide bonds. The normalized spacial score (nSPS) is 15.5. The Labute approximate surface area is 200 Å². The molecule has 2 aromatic rings. The van der Waals surface area contributed by atoms with Crippen LogP contribution in [-0.4, -0.2) is 50.3 Å². The fourth-order valence-electron chi connectivity index (χ4n) is 3.48. The SMILES string of the molecule is CCNC(=NCc1cccc(C#N)c1)NCC(c1ccc(F)cc1)N1CCOCC1.I. The molecule has 3 rings (SSSR count). The molecule has 1 heterocycles. The highest BCUT2D eigenvalue weighted by Crippen LogP contribution is 2.21. The number of hydrogen-bond donors (Lipinski definition) is 2. The molecule has 0 aromatic heterocycles. The van der Waals surface area contributed by atoms with E-state index in [-0.39, 0.29) is 35.8 Å². The second-order valence-corrected chi connectivity index (χ2v) is 7.10. The molecular formula is C23H29FIN5O. The van der Waals surface area contributed by atoms with E-state index in [0.29, 0.717) is 37.8 Å². The summed E-state index contributed by atoms with van der Waals surface area (Å²) in [4.78, 5) is 7.02. The van der Waals surface area contributed by atoms with Gasteiger partial charge in [0.15, 0.2) is 5.96 Å². The summed E-state index contributed by atoms with van der Waals surface area (Å²) in [7, 11) is 0. The molecule has 0 bridgehead atoms. The standard InChI is InChI=1S/C23H28FN5O.HI/c1-2-26-23(27-16-19-5-3-4-18(14-19)15-25)28-17-22(29-10-12-30-13-11-29)20-6-8-21(24)9-7-20;/h3-9,14,22H,2,10-13,16-17H2,1H3,(H2,26,27,28);1H. The van der Waals surface area contributed by atoms with Gasteiger partial charge in [0.25, 0.3) is 0 Å². The molecule has 1 aliphatic rings. The minimum Gasteiger partial charge on any atom is -0.379 e. The first-order valence-corrected chi connectivity index (χ1v) is 10.3. The topological polar surface area (TPSA) is 72.7 Å². The van der Waals surface area contributed by atoms with Crippen LogP contribution in [0.3, 0.4) is 0 Å². The van der Waals surface area contributed by atoms with Gasteiger partial charge in [-0.05, 0) is 42.3 Å². The van der Waals surface area contributed by atoms with Gasteiger partial charge in [0.2, 0.25) is 0 Å². The lowest BCUT2D eigenvalue weighted by Gasteiger charge is -2.35. The van der Waals surface area contributed by atoms with Crippen LogP contribution in [0.1, 0.15) is 29.7 Å². The van der Waals surface area contributed by atoms with Crippen LogP contribution in [0.25, 0.3) is 0 Å². The number of benzene rings is 2. The van der Waals surface area contributed by atoms with Gasteiger partial charge in [0.1, 0.15) is 5.82 Å². The molecule has 1 fully saturated rings. The lowest BCUT2D eigenvalue weighted by Crippen LogP contribution is -2.46. The predicted octanol–water partition coefficient (Wildman–Crippen LogP) is 3.44. The average Bonchev–Trinajstić information content (AvgIpc) is 2.79. The number of nitrogens with zero attached hydrogens (tertiary/aromatic N) is 3. The number of morpholine rings is 1. The summed E-state index contributed by atoms with van der Waals surface area (Å²) < 4.78 is 18.9. The number of hydrogen-bond acceptors (Lipinski definition) is 4. The van der Waals surface area contributed by atoms with Crippen LogP contribution in [0.4, 0.5) is 4.39 Å². The molecular weight excluding hydrogens is 508 g/mol. The number of aliphatic imine (C=N–C) groups is 1. The summed E-state index contributed by atoms with van der Waals surface area (Å²) >= 11 is 0. The van der Waals surface area contributed by atoms with Gasteiger partial charge in [-0.15, -0.1) is 24.0 Å². The molecule has 2 aromatic carbocycles. The van der Waals surface area contributed by atoms with Crippen molar-refractivity contribution in [3.63, 3.8) is 0 Å². The van der Waals surface area contributed by atoms with Gasteiger partial charge in [-0.1, -0.05) is 24.3 Å². The Hall–Kier alpha value is -2.22. The first-order valence-electron chi connectivity index (χ1n) is 10.3. The molecule has 31 heavy (non-hydrogen) atoms. The van der Waals surface area contributed by atoms with E-state index < -0.39 is 0 Å². The van der Waals surface area contributed by atoms with Crippen LogP contribution in [0.2, 0.25) is 0 Å². The summed E-state index contributed by atoms with van der Waals surface area (Å²) in [6.07, 6.45) is 0. The molecule has 0 aliphatic carbocycles. The summed E-state index contributed by atoms with van der Waals surface area (Å²) in [5.74, 6) is 0.474. The second-order valence-electron chi connectivity index (χ2n) is 7.10. The van der Waals surface area contributed by atoms with Crippen LogP contribution < -0.4 is 10.6 Å². The second kappa shape index (κ2) is 13.2. The van der Waals surface area contributed by atoms with E-state index >= 15 is 0 Å². The van der Waals surface area contributed by atoms with Crippen molar-refractivity contribution < 1.29 is 9.13 Å². The van der Waals surface area contributed by atoms with Crippen LogP contribution in [0.15, 0.2) is 53.5 Å². The number of rotatable bonds is 7. The number of ether oxygens (including phenoxy) is 1. The zero-order chi connectivity index (χ0) is 21.2. The lowest BCUT2D eigenvalue weighted by molar-refractivity contribution is 0.0170. The Morgan fingerprint density at radius 2 is 1.94 bits per heavy atom. The van der Waals surface area contributed by atoms with E-state index in [1.54, 1.807) is 6.07 Å². The van der Waals surface area contributed by atoms with E-state index in [4.69, 9.17) is 10.00 Å². The van der Waals surface area contributed by atoms with E-state index in [1.165, 1.54) is 12.1 Å². The van der Waals surface area contributed by atoms with E-state index in [9.17, 15) is 4.39 Å². The number of halogens is 2. The van der Waals surface area contributed by atoms with Crippen molar-refractivity contribution in [2.75, 3.05) is 39.4 Å². The summed E-state index contributed by atoms with van der Waals surface area (Å²) in [5.41, 5.74) is 2.67. The Kier molecular flexibility index (Phi) is 10.7. The van der Waals surface area contributed by atoms with E-state index in [0.717, 1.165) is 30.8 Å². The van der Waals surface area contributed by atoms with Gasteiger partial charge in [0.05, 0.1) is 37.4 Å². The number of nitriles is 1. The van der Waals surface area contributed by atoms with Crippen molar-refractivity contribution >= 4 is 29.9 Å². The Bertz CT molecular complexity index is 878. The number of nitrogens with one attached hydrogen (secondary N) is 2. The largest absolute Gasteiger partial charge is 0.379 e. The van der Waals surface area contributed by atoms with Gasteiger partial charge >= 0.3 is 0 Å². The van der Waals surface area contributed by atoms with Crippen LogP contribution in [-0.2, 0) is 11.3 Å². The third-order valence-corrected chi connectivity index (χ3v) is 5.02. The maximum atomic E-state index is 13.4. The van der Waals surface area contributed by atoms with Crippen LogP contribution in [0.5, 0.6) is 0 Å². The van der Waals surface area contributed by atoms with Crippen molar-refractivity contribution in [1.82, 2.24) is 15.5 Å². The van der Waals surface area contributed by atoms with Gasteiger partial charge < -0.3 is 15.4 Å². The number of guanidine groups is 1. The first-order chi connectivity index (χ1) is 14.7. The zero-order valence-electron chi connectivity index (χ0n) is 17.7. The highest BCUT2D eigenvalue weighted by molar-refractivity contribution is 14.0. The molecule has 0 radical (unpaired) electrons. The highest BCUT2D eigenvalue weighted by atomic mass is 127. The molecule has 8 heteroatoms. The van der Waals surface area contributed by atoms with Crippen molar-refractivity contribution in [2.45, 2.75) is 19.5 Å².